The van der Waals surface area contributed by atoms with Crippen LogP contribution in [-0.4, -0.2) is 43.2 Å². The van der Waals surface area contributed by atoms with Crippen LogP contribution in [0.25, 0.3) is 0 Å². The first-order valence-corrected chi connectivity index (χ1v) is 11.9. The minimum atomic E-state index is -5.76. The maximum atomic E-state index is 12.7. The van der Waals surface area contributed by atoms with Crippen LogP contribution in [-0.2, 0) is 26.1 Å². The third-order valence-corrected chi connectivity index (χ3v) is 5.57. The molecule has 0 aliphatic rings. The number of ether oxygens (including phenoxy) is 1. The van der Waals surface area contributed by atoms with Crippen LogP contribution in [0.3, 0.4) is 0 Å². The summed E-state index contributed by atoms with van der Waals surface area (Å²) >= 11 is 5.98. The number of carbonyl (C=O) groups is 1. The van der Waals surface area contributed by atoms with E-state index in [4.69, 9.17) is 16.3 Å². The van der Waals surface area contributed by atoms with Gasteiger partial charge in [0.2, 0.25) is 0 Å². The van der Waals surface area contributed by atoms with Gasteiger partial charge in [-0.1, -0.05) is 35.9 Å². The Balaban J connectivity index is 2.08. The van der Waals surface area contributed by atoms with E-state index in [-0.39, 0.29) is 6.54 Å². The summed E-state index contributed by atoms with van der Waals surface area (Å²) in [5.41, 5.74) is -5.30. The van der Waals surface area contributed by atoms with Crippen LogP contribution >= 0.6 is 11.6 Å². The number of halogens is 4. The number of hydrogen-bond donors (Lipinski definition) is 2. The van der Waals surface area contributed by atoms with Crippen molar-refractivity contribution < 1.29 is 40.4 Å². The van der Waals surface area contributed by atoms with E-state index < -0.39 is 45.1 Å². The van der Waals surface area contributed by atoms with Crippen molar-refractivity contribution in [3.05, 3.63) is 64.7 Å². The number of nitrogens with one attached hydrogen (secondary N) is 1. The monoisotopic (exact) mass is 523 g/mol. The zero-order valence-corrected chi connectivity index (χ0v) is 20.2. The quantitative estimate of drug-likeness (QED) is 0.289. The van der Waals surface area contributed by atoms with Gasteiger partial charge in [0.25, 0.3) is 0 Å². The molecule has 1 unspecified atom stereocenters. The van der Waals surface area contributed by atoms with E-state index in [0.29, 0.717) is 22.6 Å². The molecule has 0 aromatic heterocycles. The molecule has 0 amide bonds. The number of hydrogen-bond acceptors (Lipinski definition) is 7. The molecule has 2 atom stereocenters. The fourth-order valence-corrected chi connectivity index (χ4v) is 3.49. The Labute approximate surface area is 201 Å². The van der Waals surface area contributed by atoms with E-state index in [1.54, 1.807) is 39.0 Å². The minimum absolute atomic E-state index is 0.183. The number of benzene rings is 2. The predicted molar refractivity (Wildman–Crippen MR) is 120 cm³/mol. The predicted octanol–water partition coefficient (Wildman–Crippen LogP) is 4.14. The van der Waals surface area contributed by atoms with Crippen molar-refractivity contribution in [2.24, 2.45) is 0 Å². The molecule has 188 valence electrons. The molecule has 0 spiro atoms. The van der Waals surface area contributed by atoms with E-state index in [0.717, 1.165) is 12.1 Å². The van der Waals surface area contributed by atoms with Gasteiger partial charge < -0.3 is 19.3 Å². The molecule has 7 nitrogen and oxygen atoms in total. The molecule has 34 heavy (non-hydrogen) atoms. The van der Waals surface area contributed by atoms with Gasteiger partial charge in [0.1, 0.15) is 23.5 Å². The van der Waals surface area contributed by atoms with Gasteiger partial charge >= 0.3 is 21.6 Å². The van der Waals surface area contributed by atoms with E-state index in [1.165, 1.54) is 18.2 Å². The number of esters is 1. The van der Waals surface area contributed by atoms with Crippen molar-refractivity contribution in [2.75, 3.05) is 6.54 Å². The first-order chi connectivity index (χ1) is 15.6. The minimum Gasteiger partial charge on any atom is -0.459 e. The highest BCUT2D eigenvalue weighted by molar-refractivity contribution is 7.88. The number of aliphatic hydroxyl groups excluding tert-OH is 1. The molecule has 0 heterocycles. The fourth-order valence-electron chi connectivity index (χ4n) is 2.83. The normalized spacial score (nSPS) is 14.4. The Morgan fingerprint density at radius 3 is 2.26 bits per heavy atom. The third-order valence-electron chi connectivity index (χ3n) is 4.36. The molecule has 2 aromatic carbocycles. The van der Waals surface area contributed by atoms with Crippen molar-refractivity contribution >= 4 is 27.7 Å². The van der Waals surface area contributed by atoms with Crippen LogP contribution < -0.4 is 9.50 Å². The molecular formula is C22H25ClF3NO6S. The smallest absolute Gasteiger partial charge is 0.459 e. The average Bonchev–Trinajstić information content (AvgIpc) is 2.69. The summed E-state index contributed by atoms with van der Waals surface area (Å²) in [4.78, 5) is 12.7. The van der Waals surface area contributed by atoms with Gasteiger partial charge in [-0.15, -0.1) is 0 Å². The topological polar surface area (TPSA) is 102 Å². The van der Waals surface area contributed by atoms with Crippen LogP contribution in [0.4, 0.5) is 13.2 Å². The lowest BCUT2D eigenvalue weighted by atomic mass is 10.0. The van der Waals surface area contributed by atoms with Crippen molar-refractivity contribution in [2.45, 2.75) is 50.4 Å². The van der Waals surface area contributed by atoms with E-state index in [2.05, 4.69) is 9.50 Å². The Bertz CT molecular complexity index is 1090. The van der Waals surface area contributed by atoms with Gasteiger partial charge in [0, 0.05) is 11.6 Å². The lowest BCUT2D eigenvalue weighted by Gasteiger charge is -2.27. The van der Waals surface area contributed by atoms with Crippen LogP contribution in [0.5, 0.6) is 5.75 Å². The van der Waals surface area contributed by atoms with Gasteiger partial charge in [-0.25, -0.2) is 0 Å². The number of carbonyl (C=O) groups excluding carboxylic acids is 1. The highest BCUT2D eigenvalue weighted by atomic mass is 35.5. The largest absolute Gasteiger partial charge is 0.534 e. The molecule has 0 saturated carbocycles. The Hall–Kier alpha value is -2.34. The molecule has 12 heteroatoms. The van der Waals surface area contributed by atoms with Crippen LogP contribution in [0, 0.1) is 0 Å². The lowest BCUT2D eigenvalue weighted by molar-refractivity contribution is -0.160. The third kappa shape index (κ3) is 8.15. The molecule has 0 aliphatic carbocycles. The highest BCUT2D eigenvalue weighted by Crippen LogP contribution is 2.27. The van der Waals surface area contributed by atoms with E-state index >= 15 is 0 Å². The van der Waals surface area contributed by atoms with Gasteiger partial charge in [-0.05, 0) is 62.6 Å². The first-order valence-electron chi connectivity index (χ1n) is 10.1. The molecule has 2 aromatic rings. The van der Waals surface area contributed by atoms with E-state index in [1.807, 2.05) is 0 Å². The number of alkyl halides is 3. The van der Waals surface area contributed by atoms with E-state index in [9.17, 15) is 31.5 Å². The molecule has 0 saturated heterocycles. The summed E-state index contributed by atoms with van der Waals surface area (Å²) in [5, 5.41) is 14.1. The average molecular weight is 524 g/mol. The maximum absolute atomic E-state index is 12.7. The summed E-state index contributed by atoms with van der Waals surface area (Å²) in [5.74, 6) is -1.17. The SMILES string of the molecule is CC(C)(C)OC(=O)C(NCCc1ccc(OS(=O)(=O)C(F)(F)F)cc1)[C@H](O)c1cccc(Cl)c1. The molecule has 2 rings (SSSR count). The summed E-state index contributed by atoms with van der Waals surface area (Å²) in [6, 6.07) is 10.2. The Morgan fingerprint density at radius 2 is 1.74 bits per heavy atom. The second-order valence-corrected chi connectivity index (χ2v) is 10.3. The molecule has 0 aliphatic heterocycles. The second kappa shape index (κ2) is 10.9. The molecular weight excluding hydrogens is 499 g/mol. The summed E-state index contributed by atoms with van der Waals surface area (Å²) in [6.45, 7) is 5.26. The molecule has 0 radical (unpaired) electrons. The number of aliphatic hydroxyl groups is 1. The molecule has 0 bridgehead atoms. The van der Waals surface area contributed by atoms with Gasteiger partial charge in [0.05, 0.1) is 0 Å². The molecule has 2 N–H and O–H groups in total. The van der Waals surface area contributed by atoms with Crippen LogP contribution in [0.2, 0.25) is 5.02 Å². The standard InChI is InChI=1S/C22H25ClF3NO6S/c1-21(2,3)32-20(29)18(19(28)15-5-4-6-16(23)13-15)27-12-11-14-7-9-17(10-8-14)33-34(30,31)22(24,25)26/h4-10,13,18-19,27-28H,11-12H2,1-3H3/t18?,19-/m1/s1. The van der Waals surface area contributed by atoms with Gasteiger partial charge in [-0.3, -0.25) is 4.79 Å². The molecule has 0 fully saturated rings. The summed E-state index contributed by atoms with van der Waals surface area (Å²) in [7, 11) is -5.76. The van der Waals surface area contributed by atoms with Crippen LogP contribution in [0.15, 0.2) is 48.5 Å². The van der Waals surface area contributed by atoms with Crippen molar-refractivity contribution in [3.63, 3.8) is 0 Å². The zero-order valence-electron chi connectivity index (χ0n) is 18.6. The zero-order chi connectivity index (χ0) is 25.7. The van der Waals surface area contributed by atoms with Gasteiger partial charge in [-0.2, -0.15) is 21.6 Å². The van der Waals surface area contributed by atoms with Gasteiger partial charge in [0.15, 0.2) is 0 Å². The van der Waals surface area contributed by atoms with Crippen LogP contribution in [0.1, 0.15) is 38.0 Å². The summed E-state index contributed by atoms with van der Waals surface area (Å²) in [6.07, 6.45) is -0.967. The Kier molecular flexibility index (Phi) is 8.98. The second-order valence-electron chi connectivity index (χ2n) is 8.34. The summed E-state index contributed by atoms with van der Waals surface area (Å²) < 4.78 is 68.9. The number of rotatable bonds is 9. The Morgan fingerprint density at radius 1 is 1.12 bits per heavy atom. The first kappa shape index (κ1) is 27.9. The van der Waals surface area contributed by atoms with Crippen molar-refractivity contribution in [1.29, 1.82) is 0 Å². The highest BCUT2D eigenvalue weighted by Gasteiger charge is 2.48. The van der Waals surface area contributed by atoms with Crippen molar-refractivity contribution in [3.8, 4) is 5.75 Å². The lowest BCUT2D eigenvalue weighted by Crippen LogP contribution is -2.46. The van der Waals surface area contributed by atoms with Crippen molar-refractivity contribution in [1.82, 2.24) is 5.32 Å². The maximum Gasteiger partial charge on any atom is 0.534 e. The fraction of sp³-hybridized carbons (Fsp3) is 0.409.